The summed E-state index contributed by atoms with van der Waals surface area (Å²) in [4.78, 5) is 10.7. The van der Waals surface area contributed by atoms with Gasteiger partial charge < -0.3 is 10.4 Å². The van der Waals surface area contributed by atoms with Gasteiger partial charge in [-0.2, -0.15) is 0 Å². The van der Waals surface area contributed by atoms with Crippen molar-refractivity contribution >= 4 is 33.3 Å². The first-order valence-corrected chi connectivity index (χ1v) is 6.32. The summed E-state index contributed by atoms with van der Waals surface area (Å²) in [5.41, 5.74) is 2.49. The molecule has 0 aromatic heterocycles. The largest absolute Gasteiger partial charge is 0.478 e. The topological polar surface area (TPSA) is 49.3 Å². The van der Waals surface area contributed by atoms with Gasteiger partial charge in [-0.15, -0.1) is 0 Å². The van der Waals surface area contributed by atoms with Gasteiger partial charge in [0.1, 0.15) is 5.82 Å². The molecule has 5 heteroatoms. The van der Waals surface area contributed by atoms with Crippen LogP contribution in [-0.2, 0) is 0 Å². The van der Waals surface area contributed by atoms with Crippen molar-refractivity contribution < 1.29 is 14.3 Å². The van der Waals surface area contributed by atoms with E-state index in [9.17, 15) is 9.18 Å². The summed E-state index contributed by atoms with van der Waals surface area (Å²) < 4.78 is 13.7. The Hall–Kier alpha value is -1.88. The van der Waals surface area contributed by atoms with Gasteiger partial charge in [0.15, 0.2) is 0 Å². The zero-order chi connectivity index (χ0) is 14.0. The molecule has 0 saturated heterocycles. The van der Waals surface area contributed by atoms with Crippen LogP contribution < -0.4 is 5.32 Å². The maximum absolute atomic E-state index is 13.3. The molecule has 0 aliphatic rings. The van der Waals surface area contributed by atoms with Gasteiger partial charge in [-0.1, -0.05) is 0 Å². The minimum atomic E-state index is -0.966. The summed E-state index contributed by atoms with van der Waals surface area (Å²) in [6.45, 7) is 1.80. The van der Waals surface area contributed by atoms with E-state index in [0.717, 1.165) is 16.9 Å². The Bertz CT molecular complexity index is 626. The van der Waals surface area contributed by atoms with Gasteiger partial charge in [-0.3, -0.25) is 0 Å². The first-order chi connectivity index (χ1) is 8.97. The van der Waals surface area contributed by atoms with E-state index in [4.69, 9.17) is 5.11 Å². The molecule has 0 saturated carbocycles. The number of aromatic carboxylic acids is 1. The van der Waals surface area contributed by atoms with Crippen LogP contribution in [0.3, 0.4) is 0 Å². The van der Waals surface area contributed by atoms with Crippen molar-refractivity contribution in [3.63, 3.8) is 0 Å². The van der Waals surface area contributed by atoms with Crippen molar-refractivity contribution in [1.82, 2.24) is 0 Å². The van der Waals surface area contributed by atoms with Crippen molar-refractivity contribution in [2.24, 2.45) is 0 Å². The third-order valence-corrected chi connectivity index (χ3v) is 3.29. The number of carbonyl (C=O) groups is 1. The summed E-state index contributed by atoms with van der Waals surface area (Å²) >= 11 is 3.13. The lowest BCUT2D eigenvalue weighted by Gasteiger charge is -2.11. The quantitative estimate of drug-likeness (QED) is 0.883. The van der Waals surface area contributed by atoms with Gasteiger partial charge in [-0.25, -0.2) is 9.18 Å². The number of anilines is 2. The Labute approximate surface area is 118 Å². The third-order valence-electron chi connectivity index (χ3n) is 2.68. The highest BCUT2D eigenvalue weighted by atomic mass is 79.9. The molecular formula is C14H11BrFNO2. The predicted octanol–water partition coefficient (Wildman–Crippen LogP) is 4.34. The summed E-state index contributed by atoms with van der Waals surface area (Å²) in [5.74, 6) is -1.28. The average Bonchev–Trinajstić information content (AvgIpc) is 2.36. The lowest BCUT2D eigenvalue weighted by Crippen LogP contribution is -1.98. The van der Waals surface area contributed by atoms with E-state index in [1.807, 2.05) is 0 Å². The summed E-state index contributed by atoms with van der Waals surface area (Å²) in [6, 6.07) is 9.44. The Morgan fingerprint density at radius 2 is 1.89 bits per heavy atom. The summed E-state index contributed by atoms with van der Waals surface area (Å²) in [5, 5.41) is 11.9. The van der Waals surface area contributed by atoms with Gasteiger partial charge in [0.05, 0.1) is 10.0 Å². The highest BCUT2D eigenvalue weighted by Crippen LogP contribution is 2.27. The molecule has 0 radical (unpaired) electrons. The van der Waals surface area contributed by atoms with Crippen LogP contribution in [0.2, 0.25) is 0 Å². The van der Waals surface area contributed by atoms with Crippen LogP contribution in [0.4, 0.5) is 15.8 Å². The van der Waals surface area contributed by atoms with Crippen LogP contribution in [0.15, 0.2) is 40.9 Å². The average molecular weight is 324 g/mol. The number of nitrogens with one attached hydrogen (secondary N) is 1. The molecular weight excluding hydrogens is 313 g/mol. The lowest BCUT2D eigenvalue weighted by molar-refractivity contribution is 0.0697. The first kappa shape index (κ1) is 13.5. The van der Waals surface area contributed by atoms with Crippen LogP contribution in [0.25, 0.3) is 0 Å². The number of hydrogen-bond acceptors (Lipinski definition) is 2. The standard InChI is InChI=1S/C14H11BrFNO2/c1-8-6-12(16)11(15)7-13(8)17-10-4-2-9(3-5-10)14(18)19/h2-7,17H,1H3,(H,18,19). The van der Waals surface area contributed by atoms with Crippen LogP contribution in [0, 0.1) is 12.7 Å². The van der Waals surface area contributed by atoms with Crippen molar-refractivity contribution in [2.45, 2.75) is 6.92 Å². The molecule has 0 heterocycles. The molecule has 3 nitrogen and oxygen atoms in total. The molecule has 2 aromatic carbocycles. The minimum absolute atomic E-state index is 0.225. The Balaban J connectivity index is 2.26. The van der Waals surface area contributed by atoms with Crippen molar-refractivity contribution in [3.8, 4) is 0 Å². The molecule has 2 rings (SSSR count). The summed E-state index contributed by atoms with van der Waals surface area (Å²) in [7, 11) is 0. The molecule has 0 bridgehead atoms. The van der Waals surface area contributed by atoms with Crippen molar-refractivity contribution in [1.29, 1.82) is 0 Å². The highest BCUT2D eigenvalue weighted by Gasteiger charge is 2.06. The second kappa shape index (κ2) is 5.40. The van der Waals surface area contributed by atoms with E-state index in [1.165, 1.54) is 18.2 Å². The van der Waals surface area contributed by atoms with E-state index in [0.29, 0.717) is 4.47 Å². The molecule has 0 fully saturated rings. The molecule has 0 aliphatic heterocycles. The van der Waals surface area contributed by atoms with Crippen LogP contribution >= 0.6 is 15.9 Å². The number of hydrogen-bond donors (Lipinski definition) is 2. The third kappa shape index (κ3) is 3.12. The van der Waals surface area contributed by atoms with Gasteiger partial charge in [-0.05, 0) is 64.8 Å². The van der Waals surface area contributed by atoms with Crippen molar-refractivity contribution in [2.75, 3.05) is 5.32 Å². The number of benzene rings is 2. The number of halogens is 2. The van der Waals surface area contributed by atoms with Gasteiger partial charge in [0.25, 0.3) is 0 Å². The zero-order valence-corrected chi connectivity index (χ0v) is 11.7. The number of carboxylic acid groups (broad SMARTS) is 1. The van der Waals surface area contributed by atoms with Crippen LogP contribution in [-0.4, -0.2) is 11.1 Å². The molecule has 0 amide bonds. The maximum atomic E-state index is 13.3. The van der Waals surface area contributed by atoms with E-state index < -0.39 is 5.97 Å². The lowest BCUT2D eigenvalue weighted by atomic mass is 10.1. The number of aryl methyl sites for hydroxylation is 1. The maximum Gasteiger partial charge on any atom is 0.335 e. The number of carboxylic acids is 1. The monoisotopic (exact) mass is 323 g/mol. The fourth-order valence-electron chi connectivity index (χ4n) is 1.63. The second-order valence-electron chi connectivity index (χ2n) is 4.09. The Morgan fingerprint density at radius 3 is 2.47 bits per heavy atom. The van der Waals surface area contributed by atoms with E-state index in [2.05, 4.69) is 21.2 Å². The highest BCUT2D eigenvalue weighted by molar-refractivity contribution is 9.10. The normalized spacial score (nSPS) is 10.3. The first-order valence-electron chi connectivity index (χ1n) is 5.53. The predicted molar refractivity (Wildman–Crippen MR) is 75.5 cm³/mol. The molecule has 19 heavy (non-hydrogen) atoms. The number of rotatable bonds is 3. The van der Waals surface area contributed by atoms with E-state index in [1.54, 1.807) is 25.1 Å². The fraction of sp³-hybridized carbons (Fsp3) is 0.0714. The molecule has 0 aliphatic carbocycles. The molecule has 98 valence electrons. The smallest absolute Gasteiger partial charge is 0.335 e. The zero-order valence-electron chi connectivity index (χ0n) is 10.1. The van der Waals surface area contributed by atoms with E-state index >= 15 is 0 Å². The minimum Gasteiger partial charge on any atom is -0.478 e. The molecule has 0 spiro atoms. The summed E-state index contributed by atoms with van der Waals surface area (Å²) in [6.07, 6.45) is 0. The molecule has 2 aromatic rings. The Morgan fingerprint density at radius 1 is 1.26 bits per heavy atom. The Kier molecular flexibility index (Phi) is 3.85. The van der Waals surface area contributed by atoms with Crippen LogP contribution in [0.1, 0.15) is 15.9 Å². The molecule has 0 atom stereocenters. The van der Waals surface area contributed by atoms with Crippen LogP contribution in [0.5, 0.6) is 0 Å². The second-order valence-corrected chi connectivity index (χ2v) is 4.94. The fourth-order valence-corrected chi connectivity index (χ4v) is 1.98. The molecule has 2 N–H and O–H groups in total. The SMILES string of the molecule is Cc1cc(F)c(Br)cc1Nc1ccc(C(=O)O)cc1. The van der Waals surface area contributed by atoms with E-state index in [-0.39, 0.29) is 11.4 Å². The molecule has 0 unspecified atom stereocenters. The van der Waals surface area contributed by atoms with Gasteiger partial charge in [0.2, 0.25) is 0 Å². The van der Waals surface area contributed by atoms with Crippen molar-refractivity contribution in [3.05, 3.63) is 57.8 Å². The van der Waals surface area contributed by atoms with Gasteiger partial charge >= 0.3 is 5.97 Å². The van der Waals surface area contributed by atoms with Gasteiger partial charge in [0, 0.05) is 11.4 Å².